The molecule has 0 saturated carbocycles. The van der Waals surface area contributed by atoms with Crippen LogP contribution in [0.4, 0.5) is 13.2 Å². The quantitative estimate of drug-likeness (QED) is 0.683. The first kappa shape index (κ1) is 19.3. The van der Waals surface area contributed by atoms with Crippen molar-refractivity contribution in [2.75, 3.05) is 12.8 Å². The summed E-state index contributed by atoms with van der Waals surface area (Å²) < 4.78 is 39.6. The van der Waals surface area contributed by atoms with Crippen LogP contribution in [0.15, 0.2) is 48.8 Å². The number of halogens is 3. The van der Waals surface area contributed by atoms with Crippen LogP contribution in [0.3, 0.4) is 0 Å². The highest BCUT2D eigenvalue weighted by Gasteiger charge is 2.30. The van der Waals surface area contributed by atoms with Crippen molar-refractivity contribution in [1.82, 2.24) is 14.7 Å². The predicted molar refractivity (Wildman–Crippen MR) is 99.9 cm³/mol. The van der Waals surface area contributed by atoms with E-state index >= 15 is 0 Å². The summed E-state index contributed by atoms with van der Waals surface area (Å²) in [5, 5.41) is 2.81. The molecule has 0 aliphatic carbocycles. The van der Waals surface area contributed by atoms with Gasteiger partial charge < -0.3 is 9.72 Å². The highest BCUT2D eigenvalue weighted by Crippen LogP contribution is 2.29. The summed E-state index contributed by atoms with van der Waals surface area (Å²) in [6.07, 6.45) is 0.621. The van der Waals surface area contributed by atoms with E-state index in [9.17, 15) is 18.0 Å². The molecule has 8 heteroatoms. The molecular formula is C19H18F3N3OS. The second-order valence-corrected chi connectivity index (χ2v) is 6.92. The fourth-order valence-electron chi connectivity index (χ4n) is 2.66. The maximum Gasteiger partial charge on any atom is 0.417 e. The summed E-state index contributed by atoms with van der Waals surface area (Å²) in [5.74, 6) is 0.708. The molecule has 142 valence electrons. The third-order valence-corrected chi connectivity index (χ3v) is 4.64. The van der Waals surface area contributed by atoms with Crippen LogP contribution in [0.1, 0.15) is 27.2 Å². The molecule has 3 aromatic rings. The summed E-state index contributed by atoms with van der Waals surface area (Å²) in [4.78, 5) is 16.4. The number of rotatable bonds is 6. The molecule has 1 N–H and O–H groups in total. The number of amides is 1. The van der Waals surface area contributed by atoms with Crippen molar-refractivity contribution in [3.8, 4) is 0 Å². The zero-order valence-electron chi connectivity index (χ0n) is 14.6. The zero-order valence-corrected chi connectivity index (χ0v) is 15.4. The summed E-state index contributed by atoms with van der Waals surface area (Å²) in [6.45, 7) is 0.349. The van der Waals surface area contributed by atoms with Crippen molar-refractivity contribution >= 4 is 23.3 Å². The Morgan fingerprint density at radius 3 is 2.56 bits per heavy atom. The molecule has 0 aliphatic rings. The first-order valence-electron chi connectivity index (χ1n) is 8.28. The van der Waals surface area contributed by atoms with Crippen LogP contribution in [-0.2, 0) is 18.3 Å². The van der Waals surface area contributed by atoms with E-state index in [1.54, 1.807) is 30.1 Å². The summed E-state index contributed by atoms with van der Waals surface area (Å²) in [5.41, 5.74) is 2.06. The largest absolute Gasteiger partial charge is 0.417 e. The molecular weight excluding hydrogens is 375 g/mol. The second-order valence-electron chi connectivity index (χ2n) is 6.05. The Labute approximate surface area is 158 Å². The van der Waals surface area contributed by atoms with Crippen LogP contribution in [-0.4, -0.2) is 28.1 Å². The molecule has 27 heavy (non-hydrogen) atoms. The molecule has 0 unspecified atom stereocenters. The van der Waals surface area contributed by atoms with Gasteiger partial charge in [0.05, 0.1) is 11.3 Å². The molecule has 1 aromatic carbocycles. The minimum atomic E-state index is -4.39. The monoisotopic (exact) mass is 393 g/mol. The molecule has 0 bridgehead atoms. The summed E-state index contributed by atoms with van der Waals surface area (Å²) in [7, 11) is 0. The number of hydrogen-bond donors (Lipinski definition) is 1. The number of thioether (sulfide) groups is 1. The number of pyridine rings is 1. The van der Waals surface area contributed by atoms with Crippen molar-refractivity contribution in [1.29, 1.82) is 0 Å². The number of hydrogen-bond acceptors (Lipinski definition) is 3. The topological polar surface area (TPSA) is 46.4 Å². The first-order valence-corrected chi connectivity index (χ1v) is 9.67. The standard InChI is InChI=1S/C19H18F3N3OS/c1-27-12-13-2-4-14(5-3-13)18(26)23-9-8-16-11-25-10-15(19(20,21)22)6-7-17(25)24-16/h2-7,10-11H,8-9,12H2,1H3,(H,23,26). The van der Waals surface area contributed by atoms with Crippen molar-refractivity contribution in [3.05, 3.63) is 71.2 Å². The van der Waals surface area contributed by atoms with E-state index in [4.69, 9.17) is 0 Å². The third-order valence-electron chi connectivity index (χ3n) is 4.02. The number of carbonyl (C=O) groups is 1. The normalized spacial score (nSPS) is 11.7. The van der Waals surface area contributed by atoms with Gasteiger partial charge in [0, 0.05) is 36.7 Å². The van der Waals surface area contributed by atoms with E-state index in [-0.39, 0.29) is 5.91 Å². The number of fused-ring (bicyclic) bond motifs is 1. The molecule has 0 saturated heterocycles. The van der Waals surface area contributed by atoms with Gasteiger partial charge in [0.1, 0.15) is 5.65 Å². The van der Waals surface area contributed by atoms with E-state index in [2.05, 4.69) is 10.3 Å². The van der Waals surface area contributed by atoms with E-state index in [0.29, 0.717) is 29.9 Å². The lowest BCUT2D eigenvalue weighted by atomic mass is 10.1. The Morgan fingerprint density at radius 1 is 1.15 bits per heavy atom. The van der Waals surface area contributed by atoms with Gasteiger partial charge in [-0.05, 0) is 36.1 Å². The minimum absolute atomic E-state index is 0.186. The number of aromatic nitrogens is 2. The van der Waals surface area contributed by atoms with Gasteiger partial charge in [-0.25, -0.2) is 4.98 Å². The van der Waals surface area contributed by atoms with E-state index in [0.717, 1.165) is 23.6 Å². The number of nitrogens with one attached hydrogen (secondary N) is 1. The fourth-order valence-corrected chi connectivity index (χ4v) is 3.18. The maximum atomic E-state index is 12.8. The highest BCUT2D eigenvalue weighted by atomic mass is 32.2. The zero-order chi connectivity index (χ0) is 19.4. The average Bonchev–Trinajstić information content (AvgIpc) is 3.03. The molecule has 4 nitrogen and oxygen atoms in total. The van der Waals surface area contributed by atoms with Crippen LogP contribution in [0.25, 0.3) is 5.65 Å². The lowest BCUT2D eigenvalue weighted by molar-refractivity contribution is -0.137. The smallest absolute Gasteiger partial charge is 0.352 e. The SMILES string of the molecule is CSCc1ccc(C(=O)NCCc2cn3cc(C(F)(F)F)ccc3n2)cc1. The Kier molecular flexibility index (Phi) is 5.74. The van der Waals surface area contributed by atoms with Gasteiger partial charge in [-0.15, -0.1) is 0 Å². The van der Waals surface area contributed by atoms with Gasteiger partial charge in [-0.2, -0.15) is 24.9 Å². The Morgan fingerprint density at radius 2 is 1.89 bits per heavy atom. The number of nitrogens with zero attached hydrogens (tertiary/aromatic N) is 2. The number of carbonyl (C=O) groups excluding carboxylic acids is 1. The fraction of sp³-hybridized carbons (Fsp3) is 0.263. The van der Waals surface area contributed by atoms with Gasteiger partial charge in [0.25, 0.3) is 5.91 Å². The summed E-state index contributed by atoms with van der Waals surface area (Å²) in [6, 6.07) is 9.75. The van der Waals surface area contributed by atoms with Crippen molar-refractivity contribution < 1.29 is 18.0 Å². The van der Waals surface area contributed by atoms with Crippen LogP contribution in [0.5, 0.6) is 0 Å². The molecule has 1 amide bonds. The van der Waals surface area contributed by atoms with Gasteiger partial charge in [0.15, 0.2) is 0 Å². The molecule has 0 fully saturated rings. The predicted octanol–water partition coefficient (Wildman–Crippen LogP) is 4.19. The Bertz CT molecular complexity index is 936. The lowest BCUT2D eigenvalue weighted by Crippen LogP contribution is -2.25. The van der Waals surface area contributed by atoms with Crippen LogP contribution in [0.2, 0.25) is 0 Å². The van der Waals surface area contributed by atoms with E-state index < -0.39 is 11.7 Å². The Balaban J connectivity index is 1.59. The Hall–Kier alpha value is -2.48. The number of alkyl halides is 3. The molecule has 2 heterocycles. The van der Waals surface area contributed by atoms with Gasteiger partial charge >= 0.3 is 6.18 Å². The summed E-state index contributed by atoms with van der Waals surface area (Å²) >= 11 is 1.71. The van der Waals surface area contributed by atoms with Crippen LogP contribution >= 0.6 is 11.8 Å². The van der Waals surface area contributed by atoms with E-state index in [1.807, 2.05) is 18.4 Å². The van der Waals surface area contributed by atoms with Gasteiger partial charge in [-0.1, -0.05) is 12.1 Å². The number of benzene rings is 1. The first-order chi connectivity index (χ1) is 12.9. The molecule has 2 aromatic heterocycles. The lowest BCUT2D eigenvalue weighted by Gasteiger charge is -2.06. The molecule has 0 spiro atoms. The third kappa shape index (κ3) is 4.82. The van der Waals surface area contributed by atoms with Crippen LogP contribution < -0.4 is 5.32 Å². The average molecular weight is 393 g/mol. The van der Waals surface area contributed by atoms with Crippen LogP contribution in [0, 0.1) is 0 Å². The van der Waals surface area contributed by atoms with Gasteiger partial charge in [-0.3, -0.25) is 4.79 Å². The van der Waals surface area contributed by atoms with Crippen molar-refractivity contribution in [3.63, 3.8) is 0 Å². The minimum Gasteiger partial charge on any atom is -0.352 e. The second kappa shape index (κ2) is 8.04. The van der Waals surface area contributed by atoms with E-state index in [1.165, 1.54) is 10.5 Å². The molecule has 0 atom stereocenters. The molecule has 3 rings (SSSR count). The maximum absolute atomic E-state index is 12.8. The molecule has 0 radical (unpaired) electrons. The number of imidazole rings is 1. The van der Waals surface area contributed by atoms with Crippen molar-refractivity contribution in [2.45, 2.75) is 18.3 Å². The van der Waals surface area contributed by atoms with Gasteiger partial charge in [0.2, 0.25) is 0 Å². The highest BCUT2D eigenvalue weighted by molar-refractivity contribution is 7.97. The molecule has 0 aliphatic heterocycles. The van der Waals surface area contributed by atoms with Crippen molar-refractivity contribution in [2.24, 2.45) is 0 Å².